The topological polar surface area (TPSA) is 64.7 Å². The van der Waals surface area contributed by atoms with E-state index in [0.29, 0.717) is 23.2 Å². The Bertz CT molecular complexity index is 768. The van der Waals surface area contributed by atoms with Gasteiger partial charge in [-0.15, -0.1) is 0 Å². The van der Waals surface area contributed by atoms with Crippen molar-refractivity contribution in [1.29, 1.82) is 0 Å². The first-order chi connectivity index (χ1) is 10.1. The maximum atomic E-state index is 5.87. The van der Waals surface area contributed by atoms with Gasteiger partial charge in [0, 0.05) is 17.6 Å². The summed E-state index contributed by atoms with van der Waals surface area (Å²) < 4.78 is 5.30. The number of rotatable bonds is 3. The van der Waals surface area contributed by atoms with E-state index in [2.05, 4.69) is 20.1 Å². The van der Waals surface area contributed by atoms with Gasteiger partial charge in [0.2, 0.25) is 0 Å². The third kappa shape index (κ3) is 3.08. The Hall–Kier alpha value is -2.27. The first-order valence-electron chi connectivity index (χ1n) is 6.49. The zero-order chi connectivity index (χ0) is 14.8. The van der Waals surface area contributed by atoms with Crippen LogP contribution < -0.4 is 0 Å². The van der Waals surface area contributed by atoms with E-state index in [1.165, 1.54) is 0 Å². The Morgan fingerprint density at radius 3 is 2.57 bits per heavy atom. The van der Waals surface area contributed by atoms with Crippen LogP contribution >= 0.6 is 11.6 Å². The molecule has 0 aliphatic carbocycles. The number of aromatic nitrogens is 4. The number of halogens is 1. The average molecular weight is 301 g/mol. The van der Waals surface area contributed by atoms with Crippen LogP contribution in [-0.4, -0.2) is 20.1 Å². The molecule has 2 aromatic heterocycles. The molecule has 0 amide bonds. The van der Waals surface area contributed by atoms with E-state index in [1.54, 1.807) is 6.20 Å². The maximum Gasteiger partial charge on any atom is 0.261 e. The van der Waals surface area contributed by atoms with Crippen LogP contribution in [0.2, 0.25) is 5.02 Å². The third-order valence-electron chi connectivity index (χ3n) is 3.07. The molecule has 0 fully saturated rings. The van der Waals surface area contributed by atoms with Crippen molar-refractivity contribution in [1.82, 2.24) is 20.1 Å². The van der Waals surface area contributed by atoms with E-state index in [0.717, 1.165) is 22.6 Å². The molecule has 0 N–H and O–H groups in total. The molecule has 21 heavy (non-hydrogen) atoms. The lowest BCUT2D eigenvalue weighted by Gasteiger charge is -1.99. The Balaban J connectivity index is 1.84. The van der Waals surface area contributed by atoms with Crippen molar-refractivity contribution in [2.24, 2.45) is 0 Å². The molecule has 3 rings (SSSR count). The van der Waals surface area contributed by atoms with Gasteiger partial charge in [-0.3, -0.25) is 0 Å². The highest BCUT2D eigenvalue weighted by molar-refractivity contribution is 6.30. The van der Waals surface area contributed by atoms with Crippen LogP contribution in [0.3, 0.4) is 0 Å². The lowest BCUT2D eigenvalue weighted by Crippen LogP contribution is -1.94. The van der Waals surface area contributed by atoms with Crippen molar-refractivity contribution in [3.8, 4) is 11.5 Å². The second kappa shape index (κ2) is 5.61. The van der Waals surface area contributed by atoms with Crippen molar-refractivity contribution in [2.75, 3.05) is 0 Å². The Morgan fingerprint density at radius 1 is 1.10 bits per heavy atom. The fraction of sp³-hybridized carbons (Fsp3) is 0.200. The minimum absolute atomic E-state index is 0.441. The summed E-state index contributed by atoms with van der Waals surface area (Å²) in [4.78, 5) is 12.9. The largest absolute Gasteiger partial charge is 0.334 e. The molecule has 6 heteroatoms. The van der Waals surface area contributed by atoms with Gasteiger partial charge in [0.1, 0.15) is 5.82 Å². The van der Waals surface area contributed by atoms with Crippen LogP contribution in [-0.2, 0) is 6.42 Å². The van der Waals surface area contributed by atoms with Crippen LogP contribution in [0.25, 0.3) is 11.5 Å². The molecule has 0 atom stereocenters. The van der Waals surface area contributed by atoms with Crippen LogP contribution in [0.4, 0.5) is 0 Å². The van der Waals surface area contributed by atoms with E-state index in [9.17, 15) is 0 Å². The standard InChI is InChI=1S/C15H13ClN4O/c1-9-13(8-17-10(2)18-9)15-19-14(20-21-15)7-11-3-5-12(16)6-4-11/h3-6,8H,7H2,1-2H3. The van der Waals surface area contributed by atoms with Crippen LogP contribution in [0.1, 0.15) is 22.9 Å². The van der Waals surface area contributed by atoms with E-state index in [1.807, 2.05) is 38.1 Å². The van der Waals surface area contributed by atoms with Crippen molar-refractivity contribution < 1.29 is 4.52 Å². The zero-order valence-corrected chi connectivity index (χ0v) is 12.4. The van der Waals surface area contributed by atoms with Crippen molar-refractivity contribution >= 4 is 11.6 Å². The fourth-order valence-electron chi connectivity index (χ4n) is 2.01. The van der Waals surface area contributed by atoms with Crippen molar-refractivity contribution in [3.63, 3.8) is 0 Å². The summed E-state index contributed by atoms with van der Waals surface area (Å²) in [6, 6.07) is 7.57. The van der Waals surface area contributed by atoms with Gasteiger partial charge >= 0.3 is 0 Å². The molecule has 1 aromatic carbocycles. The summed E-state index contributed by atoms with van der Waals surface area (Å²) in [7, 11) is 0. The molecule has 3 aromatic rings. The summed E-state index contributed by atoms with van der Waals surface area (Å²) in [6.07, 6.45) is 2.30. The summed E-state index contributed by atoms with van der Waals surface area (Å²) >= 11 is 5.87. The number of benzene rings is 1. The second-order valence-electron chi connectivity index (χ2n) is 4.74. The first-order valence-corrected chi connectivity index (χ1v) is 6.87. The highest BCUT2D eigenvalue weighted by Gasteiger charge is 2.13. The molecule has 0 saturated heterocycles. The van der Waals surface area contributed by atoms with Gasteiger partial charge in [0.05, 0.1) is 11.3 Å². The van der Waals surface area contributed by atoms with Crippen molar-refractivity contribution in [2.45, 2.75) is 20.3 Å². The van der Waals surface area contributed by atoms with Gasteiger partial charge in [-0.25, -0.2) is 9.97 Å². The maximum absolute atomic E-state index is 5.87. The van der Waals surface area contributed by atoms with E-state index >= 15 is 0 Å². The molecule has 0 saturated carbocycles. The Labute approximate surface area is 127 Å². The van der Waals surface area contributed by atoms with Crippen LogP contribution in [0.5, 0.6) is 0 Å². The van der Waals surface area contributed by atoms with E-state index in [4.69, 9.17) is 16.1 Å². The zero-order valence-electron chi connectivity index (χ0n) is 11.7. The average Bonchev–Trinajstić information content (AvgIpc) is 2.90. The quantitative estimate of drug-likeness (QED) is 0.742. The van der Waals surface area contributed by atoms with Gasteiger partial charge in [0.25, 0.3) is 5.89 Å². The van der Waals surface area contributed by atoms with Gasteiger partial charge in [-0.1, -0.05) is 28.9 Å². The lowest BCUT2D eigenvalue weighted by atomic mass is 10.1. The molecular weight excluding hydrogens is 288 g/mol. The van der Waals surface area contributed by atoms with Gasteiger partial charge in [0.15, 0.2) is 5.82 Å². The van der Waals surface area contributed by atoms with Gasteiger partial charge < -0.3 is 4.52 Å². The molecule has 0 aliphatic heterocycles. The lowest BCUT2D eigenvalue weighted by molar-refractivity contribution is 0.423. The third-order valence-corrected chi connectivity index (χ3v) is 3.33. The van der Waals surface area contributed by atoms with E-state index in [-0.39, 0.29) is 0 Å². The molecule has 5 nitrogen and oxygen atoms in total. The summed E-state index contributed by atoms with van der Waals surface area (Å²) in [5, 5.41) is 4.71. The number of hydrogen-bond acceptors (Lipinski definition) is 5. The SMILES string of the molecule is Cc1ncc(-c2nc(Cc3ccc(Cl)cc3)no2)c(C)n1. The summed E-state index contributed by atoms with van der Waals surface area (Å²) in [6.45, 7) is 3.74. The number of nitrogens with zero attached hydrogens (tertiary/aromatic N) is 4. The molecule has 2 heterocycles. The molecular formula is C15H13ClN4O. The highest BCUT2D eigenvalue weighted by Crippen LogP contribution is 2.20. The highest BCUT2D eigenvalue weighted by atomic mass is 35.5. The second-order valence-corrected chi connectivity index (χ2v) is 5.17. The minimum Gasteiger partial charge on any atom is -0.334 e. The van der Waals surface area contributed by atoms with Gasteiger partial charge in [-0.2, -0.15) is 4.98 Å². The predicted octanol–water partition coefficient (Wildman–Crippen LogP) is 3.39. The molecule has 0 bridgehead atoms. The predicted molar refractivity (Wildman–Crippen MR) is 79.1 cm³/mol. The summed E-state index contributed by atoms with van der Waals surface area (Å²) in [5.74, 6) is 1.78. The molecule has 0 aliphatic rings. The minimum atomic E-state index is 0.441. The van der Waals surface area contributed by atoms with Crippen LogP contribution in [0.15, 0.2) is 35.0 Å². The summed E-state index contributed by atoms with van der Waals surface area (Å²) in [5.41, 5.74) is 2.66. The van der Waals surface area contributed by atoms with Gasteiger partial charge in [-0.05, 0) is 31.5 Å². The Kier molecular flexibility index (Phi) is 3.66. The monoisotopic (exact) mass is 300 g/mol. The molecule has 0 spiro atoms. The molecule has 0 unspecified atom stereocenters. The normalized spacial score (nSPS) is 10.8. The van der Waals surface area contributed by atoms with E-state index < -0.39 is 0 Å². The smallest absolute Gasteiger partial charge is 0.261 e. The molecule has 0 radical (unpaired) electrons. The fourth-order valence-corrected chi connectivity index (χ4v) is 2.14. The Morgan fingerprint density at radius 2 is 1.86 bits per heavy atom. The molecule has 106 valence electrons. The number of hydrogen-bond donors (Lipinski definition) is 0. The first kappa shape index (κ1) is 13.7. The number of aryl methyl sites for hydroxylation is 2. The van der Waals surface area contributed by atoms with Crippen molar-refractivity contribution in [3.05, 3.63) is 58.4 Å². The van der Waals surface area contributed by atoms with Crippen LogP contribution in [0, 0.1) is 13.8 Å².